The Morgan fingerprint density at radius 1 is 1.12 bits per heavy atom. The van der Waals surface area contributed by atoms with Gasteiger partial charge in [0.1, 0.15) is 11.2 Å². The van der Waals surface area contributed by atoms with Crippen molar-refractivity contribution in [1.82, 2.24) is 4.98 Å². The van der Waals surface area contributed by atoms with Crippen LogP contribution in [0.3, 0.4) is 0 Å². The number of benzene rings is 2. The van der Waals surface area contributed by atoms with Crippen molar-refractivity contribution in [3.63, 3.8) is 0 Å². The maximum Gasteiger partial charge on any atom is 0.144 e. The molecule has 0 bridgehead atoms. The molecule has 0 atom stereocenters. The van der Waals surface area contributed by atoms with Crippen LogP contribution in [0, 0.1) is 6.92 Å². The molecule has 2 aromatic carbocycles. The van der Waals surface area contributed by atoms with E-state index in [9.17, 15) is 0 Å². The van der Waals surface area contributed by atoms with Gasteiger partial charge in [-0.15, -0.1) is 0 Å². The van der Waals surface area contributed by atoms with Gasteiger partial charge in [-0.3, -0.25) is 4.98 Å². The maximum absolute atomic E-state index is 8.24. The second-order valence-electron chi connectivity index (χ2n) is 7.67. The van der Waals surface area contributed by atoms with E-state index in [4.69, 9.17) is 11.3 Å². The van der Waals surface area contributed by atoms with Gasteiger partial charge in [0.25, 0.3) is 0 Å². The fourth-order valence-electron chi connectivity index (χ4n) is 3.58. The van der Waals surface area contributed by atoms with Crippen molar-refractivity contribution in [3.8, 4) is 11.3 Å². The molecular weight excluding hydrogens is 334 g/mol. The second kappa shape index (κ2) is 6.10. The standard InChI is InChI=1S/C23H25NOSi/c1-6-16-13-14-24-22(15(16)2)18-11-12-20(26(3,4)5)21-17-9-7-8-10-19(17)25-23(18)21/h7-14H,6H2,1-5H3/i1D3,6D2. The third-order valence-electron chi connectivity index (χ3n) is 4.93. The van der Waals surface area contributed by atoms with E-state index in [1.807, 2.05) is 24.3 Å². The van der Waals surface area contributed by atoms with Crippen LogP contribution >= 0.6 is 0 Å². The van der Waals surface area contributed by atoms with Gasteiger partial charge >= 0.3 is 0 Å². The summed E-state index contributed by atoms with van der Waals surface area (Å²) in [7, 11) is -1.70. The molecule has 2 nitrogen and oxygen atoms in total. The third kappa shape index (κ3) is 2.58. The summed E-state index contributed by atoms with van der Waals surface area (Å²) in [6.45, 7) is 5.81. The Balaban J connectivity index is 2.07. The van der Waals surface area contributed by atoms with Crippen LogP contribution in [0.2, 0.25) is 19.6 Å². The normalized spacial score (nSPS) is 16.1. The average Bonchev–Trinajstić information content (AvgIpc) is 3.05. The molecule has 132 valence electrons. The summed E-state index contributed by atoms with van der Waals surface area (Å²) in [5, 5.41) is 3.39. The summed E-state index contributed by atoms with van der Waals surface area (Å²) in [6, 6.07) is 13.5. The van der Waals surface area contributed by atoms with Crippen LogP contribution in [0.15, 0.2) is 53.1 Å². The summed E-state index contributed by atoms with van der Waals surface area (Å²) < 4.78 is 45.8. The molecule has 0 aliphatic rings. The van der Waals surface area contributed by atoms with Gasteiger partial charge in [0, 0.05) is 29.4 Å². The third-order valence-corrected chi connectivity index (χ3v) is 6.96. The number of aromatic nitrogens is 1. The Kier molecular flexibility index (Phi) is 2.83. The van der Waals surface area contributed by atoms with Crippen molar-refractivity contribution < 1.29 is 11.3 Å². The number of rotatable bonds is 3. The van der Waals surface area contributed by atoms with Gasteiger partial charge in [-0.1, -0.05) is 50.8 Å². The fourth-order valence-corrected chi connectivity index (χ4v) is 5.16. The monoisotopic (exact) mass is 364 g/mol. The molecule has 2 heterocycles. The smallest absolute Gasteiger partial charge is 0.144 e. The number of fused-ring (bicyclic) bond motifs is 3. The Morgan fingerprint density at radius 3 is 2.69 bits per heavy atom. The Labute approximate surface area is 162 Å². The maximum atomic E-state index is 8.24. The number of pyridine rings is 1. The Hall–Kier alpha value is -2.39. The average molecular weight is 365 g/mol. The van der Waals surface area contributed by atoms with Crippen LogP contribution in [0.4, 0.5) is 0 Å². The van der Waals surface area contributed by atoms with Crippen LogP contribution in [0.5, 0.6) is 0 Å². The first kappa shape index (κ1) is 12.1. The highest BCUT2D eigenvalue weighted by Crippen LogP contribution is 2.36. The zero-order valence-corrected chi connectivity index (χ0v) is 16.5. The minimum Gasteiger partial charge on any atom is -0.455 e. The van der Waals surface area contributed by atoms with Crippen LogP contribution in [-0.2, 0) is 6.37 Å². The molecule has 0 spiro atoms. The number of para-hydroxylation sites is 1. The second-order valence-corrected chi connectivity index (χ2v) is 12.7. The zero-order chi connectivity index (χ0) is 22.8. The summed E-state index contributed by atoms with van der Waals surface area (Å²) in [4.78, 5) is 4.52. The Bertz CT molecular complexity index is 1300. The molecule has 26 heavy (non-hydrogen) atoms. The molecule has 0 aliphatic carbocycles. The van der Waals surface area contributed by atoms with Crippen molar-refractivity contribution >= 4 is 35.2 Å². The van der Waals surface area contributed by atoms with Gasteiger partial charge in [0.15, 0.2) is 0 Å². The molecule has 0 amide bonds. The molecule has 0 fully saturated rings. The highest BCUT2D eigenvalue weighted by Gasteiger charge is 2.25. The molecule has 2 aromatic heterocycles. The molecular formula is C23H25NOSi. The molecule has 4 aromatic rings. The van der Waals surface area contributed by atoms with Crippen LogP contribution < -0.4 is 5.19 Å². The molecule has 0 N–H and O–H groups in total. The van der Waals surface area contributed by atoms with Crippen molar-refractivity contribution in [2.75, 3.05) is 0 Å². The van der Waals surface area contributed by atoms with Gasteiger partial charge in [-0.2, -0.15) is 0 Å². The van der Waals surface area contributed by atoms with Gasteiger partial charge in [-0.05, 0) is 47.8 Å². The lowest BCUT2D eigenvalue weighted by Crippen LogP contribution is -2.37. The van der Waals surface area contributed by atoms with E-state index in [1.165, 1.54) is 17.4 Å². The number of nitrogens with zero attached hydrogens (tertiary/aromatic N) is 1. The SMILES string of the molecule is [2H]C([2H])([2H])C([2H])([2H])c1ccnc(-c2ccc([Si](C)(C)C)c3c2oc2ccccc23)c1C. The lowest BCUT2D eigenvalue weighted by Gasteiger charge is -2.19. The fraction of sp³-hybridized carbons (Fsp3) is 0.261. The molecule has 0 unspecified atom stereocenters. The van der Waals surface area contributed by atoms with Crippen molar-refractivity contribution in [1.29, 1.82) is 0 Å². The first-order chi connectivity index (χ1) is 14.3. The summed E-state index contributed by atoms with van der Waals surface area (Å²) in [5.41, 5.74) is 3.41. The number of aryl methyl sites for hydroxylation is 1. The largest absolute Gasteiger partial charge is 0.455 e. The van der Waals surface area contributed by atoms with Crippen molar-refractivity contribution in [3.05, 3.63) is 59.8 Å². The summed E-state index contributed by atoms with van der Waals surface area (Å²) in [6.07, 6.45) is -1.01. The number of hydrogen-bond donors (Lipinski definition) is 0. The van der Waals surface area contributed by atoms with Gasteiger partial charge < -0.3 is 4.42 Å². The lowest BCUT2D eigenvalue weighted by molar-refractivity contribution is 0.670. The number of furan rings is 1. The van der Waals surface area contributed by atoms with Crippen molar-refractivity contribution in [2.24, 2.45) is 0 Å². The van der Waals surface area contributed by atoms with Crippen LogP contribution in [0.1, 0.15) is 24.8 Å². The summed E-state index contributed by atoms with van der Waals surface area (Å²) >= 11 is 0. The highest BCUT2D eigenvalue weighted by atomic mass is 28.3. The minimum absolute atomic E-state index is 0.121. The first-order valence-corrected chi connectivity index (χ1v) is 12.3. The molecule has 4 rings (SSSR count). The quantitative estimate of drug-likeness (QED) is 0.413. The van der Waals surface area contributed by atoms with E-state index in [-0.39, 0.29) is 5.56 Å². The predicted molar refractivity (Wildman–Crippen MR) is 114 cm³/mol. The minimum atomic E-state index is -2.78. The van der Waals surface area contributed by atoms with Crippen molar-refractivity contribution in [2.45, 2.75) is 39.8 Å². The van der Waals surface area contributed by atoms with Gasteiger partial charge in [0.05, 0.1) is 13.8 Å². The zero-order valence-electron chi connectivity index (χ0n) is 20.5. The highest BCUT2D eigenvalue weighted by molar-refractivity contribution is 6.90. The predicted octanol–water partition coefficient (Wildman–Crippen LogP) is 6.06. The Morgan fingerprint density at radius 2 is 1.92 bits per heavy atom. The van der Waals surface area contributed by atoms with Gasteiger partial charge in [0.2, 0.25) is 0 Å². The van der Waals surface area contributed by atoms with E-state index in [2.05, 4.69) is 36.8 Å². The first-order valence-electron chi connectivity index (χ1n) is 11.3. The molecule has 0 aliphatic heterocycles. The molecule has 3 heteroatoms. The van der Waals surface area contributed by atoms with Crippen LogP contribution in [-0.4, -0.2) is 13.1 Å². The molecule has 0 saturated heterocycles. The molecule has 0 radical (unpaired) electrons. The van der Waals surface area contributed by atoms with E-state index < -0.39 is 21.3 Å². The summed E-state index contributed by atoms with van der Waals surface area (Å²) in [5.74, 6) is 0. The lowest BCUT2D eigenvalue weighted by atomic mass is 9.99. The van der Waals surface area contributed by atoms with Crippen LogP contribution in [0.25, 0.3) is 33.2 Å². The van der Waals surface area contributed by atoms with E-state index in [0.717, 1.165) is 21.9 Å². The molecule has 0 saturated carbocycles. The van der Waals surface area contributed by atoms with E-state index >= 15 is 0 Å². The van der Waals surface area contributed by atoms with E-state index in [1.54, 1.807) is 6.92 Å². The van der Waals surface area contributed by atoms with Gasteiger partial charge in [-0.25, -0.2) is 0 Å². The van der Waals surface area contributed by atoms with E-state index in [0.29, 0.717) is 16.8 Å². The topological polar surface area (TPSA) is 26.0 Å². The number of hydrogen-bond acceptors (Lipinski definition) is 2.